The maximum atomic E-state index is 12.2. The normalized spacial score (nSPS) is 10.3. The van der Waals surface area contributed by atoms with Gasteiger partial charge in [-0.3, -0.25) is 4.79 Å². The minimum atomic E-state index is -0.0613. The van der Waals surface area contributed by atoms with Gasteiger partial charge in [0.25, 0.3) is 0 Å². The van der Waals surface area contributed by atoms with Gasteiger partial charge < -0.3 is 10.6 Å². The standard InChI is InChI=1S/C21H20N2OS/c1-16-9-5-6-12-18(16)23-21(24)15-22-19-13-7-8-14-20(19)25-17-10-3-2-4-11-17/h2-14,22H,15H2,1H3,(H,23,24). The Morgan fingerprint density at radius 2 is 1.48 bits per heavy atom. The van der Waals surface area contributed by atoms with Crippen LogP contribution in [0.2, 0.25) is 0 Å². The highest BCUT2D eigenvalue weighted by Gasteiger charge is 2.07. The number of anilines is 2. The summed E-state index contributed by atoms with van der Waals surface area (Å²) in [7, 11) is 0. The van der Waals surface area contributed by atoms with Gasteiger partial charge in [0.2, 0.25) is 5.91 Å². The number of carbonyl (C=O) groups is 1. The quantitative estimate of drug-likeness (QED) is 0.643. The zero-order valence-electron chi connectivity index (χ0n) is 14.0. The number of hydrogen-bond donors (Lipinski definition) is 2. The second-order valence-electron chi connectivity index (χ2n) is 5.63. The summed E-state index contributed by atoms with van der Waals surface area (Å²) in [5.74, 6) is -0.0613. The van der Waals surface area contributed by atoms with Crippen LogP contribution in [-0.4, -0.2) is 12.5 Å². The van der Waals surface area contributed by atoms with Gasteiger partial charge in [0, 0.05) is 21.2 Å². The average molecular weight is 348 g/mol. The number of aryl methyl sites for hydroxylation is 1. The van der Waals surface area contributed by atoms with Crippen molar-refractivity contribution in [1.29, 1.82) is 0 Å². The van der Waals surface area contributed by atoms with Crippen LogP contribution in [-0.2, 0) is 4.79 Å². The van der Waals surface area contributed by atoms with Gasteiger partial charge >= 0.3 is 0 Å². The van der Waals surface area contributed by atoms with Gasteiger partial charge in [0.15, 0.2) is 0 Å². The number of rotatable bonds is 6. The number of amides is 1. The Morgan fingerprint density at radius 1 is 0.840 bits per heavy atom. The van der Waals surface area contributed by atoms with Crippen LogP contribution in [0.15, 0.2) is 88.7 Å². The molecule has 0 saturated carbocycles. The summed E-state index contributed by atoms with van der Waals surface area (Å²) in [6.07, 6.45) is 0. The van der Waals surface area contributed by atoms with Gasteiger partial charge in [-0.25, -0.2) is 0 Å². The zero-order chi connectivity index (χ0) is 17.5. The van der Waals surface area contributed by atoms with Crippen LogP contribution in [0.5, 0.6) is 0 Å². The van der Waals surface area contributed by atoms with E-state index in [0.29, 0.717) is 0 Å². The fraction of sp³-hybridized carbons (Fsp3) is 0.0952. The van der Waals surface area contributed by atoms with E-state index in [1.807, 2.05) is 67.6 Å². The molecule has 0 aliphatic heterocycles. The van der Waals surface area contributed by atoms with Crippen molar-refractivity contribution in [3.8, 4) is 0 Å². The first-order valence-electron chi connectivity index (χ1n) is 8.13. The predicted octanol–water partition coefficient (Wildman–Crippen LogP) is 5.20. The van der Waals surface area contributed by atoms with E-state index >= 15 is 0 Å². The number of para-hydroxylation sites is 2. The second-order valence-corrected chi connectivity index (χ2v) is 6.74. The van der Waals surface area contributed by atoms with Crippen molar-refractivity contribution < 1.29 is 4.79 Å². The number of hydrogen-bond acceptors (Lipinski definition) is 3. The zero-order valence-corrected chi connectivity index (χ0v) is 14.8. The van der Waals surface area contributed by atoms with Gasteiger partial charge in [0.05, 0.1) is 6.54 Å². The lowest BCUT2D eigenvalue weighted by atomic mass is 10.2. The van der Waals surface area contributed by atoms with Crippen molar-refractivity contribution in [2.24, 2.45) is 0 Å². The van der Waals surface area contributed by atoms with Gasteiger partial charge in [0.1, 0.15) is 0 Å². The van der Waals surface area contributed by atoms with Gasteiger partial charge in [-0.15, -0.1) is 0 Å². The Morgan fingerprint density at radius 3 is 2.24 bits per heavy atom. The summed E-state index contributed by atoms with van der Waals surface area (Å²) in [6, 6.07) is 26.0. The molecule has 3 aromatic rings. The summed E-state index contributed by atoms with van der Waals surface area (Å²) in [6.45, 7) is 2.20. The molecule has 4 heteroatoms. The molecule has 0 aromatic heterocycles. The highest BCUT2D eigenvalue weighted by atomic mass is 32.2. The fourth-order valence-corrected chi connectivity index (χ4v) is 3.34. The van der Waals surface area contributed by atoms with Crippen molar-refractivity contribution in [2.75, 3.05) is 17.2 Å². The highest BCUT2D eigenvalue weighted by molar-refractivity contribution is 7.99. The molecule has 0 saturated heterocycles. The number of carbonyl (C=O) groups excluding carboxylic acids is 1. The van der Waals surface area contributed by atoms with Crippen LogP contribution >= 0.6 is 11.8 Å². The first kappa shape index (κ1) is 17.1. The third-order valence-corrected chi connectivity index (χ3v) is 4.80. The summed E-state index contributed by atoms with van der Waals surface area (Å²) in [5.41, 5.74) is 2.86. The first-order chi connectivity index (χ1) is 12.2. The molecule has 2 N–H and O–H groups in total. The van der Waals surface area contributed by atoms with Crippen molar-refractivity contribution in [3.63, 3.8) is 0 Å². The van der Waals surface area contributed by atoms with E-state index in [0.717, 1.165) is 21.8 Å². The minimum absolute atomic E-state index is 0.0613. The van der Waals surface area contributed by atoms with E-state index in [9.17, 15) is 4.79 Å². The summed E-state index contributed by atoms with van der Waals surface area (Å²) < 4.78 is 0. The van der Waals surface area contributed by atoms with Crippen molar-refractivity contribution in [2.45, 2.75) is 16.7 Å². The van der Waals surface area contributed by atoms with Crippen LogP contribution in [0.4, 0.5) is 11.4 Å². The smallest absolute Gasteiger partial charge is 0.243 e. The number of nitrogens with one attached hydrogen (secondary N) is 2. The van der Waals surface area contributed by atoms with Crippen LogP contribution in [0.1, 0.15) is 5.56 Å². The highest BCUT2D eigenvalue weighted by Crippen LogP contribution is 2.33. The fourth-order valence-electron chi connectivity index (χ4n) is 2.40. The summed E-state index contributed by atoms with van der Waals surface area (Å²) in [4.78, 5) is 14.5. The van der Waals surface area contributed by atoms with E-state index in [4.69, 9.17) is 0 Å². The third-order valence-electron chi connectivity index (χ3n) is 3.72. The minimum Gasteiger partial charge on any atom is -0.375 e. The first-order valence-corrected chi connectivity index (χ1v) is 8.95. The topological polar surface area (TPSA) is 41.1 Å². The molecule has 126 valence electrons. The van der Waals surface area contributed by atoms with E-state index in [1.165, 1.54) is 4.90 Å². The molecule has 0 radical (unpaired) electrons. The SMILES string of the molecule is Cc1ccccc1NC(=O)CNc1ccccc1Sc1ccccc1. The molecular weight excluding hydrogens is 328 g/mol. The Bertz CT molecular complexity index is 849. The van der Waals surface area contributed by atoms with Crippen LogP contribution in [0, 0.1) is 6.92 Å². The summed E-state index contributed by atoms with van der Waals surface area (Å²) in [5, 5.41) is 6.18. The summed E-state index contributed by atoms with van der Waals surface area (Å²) >= 11 is 1.68. The Hall–Kier alpha value is -2.72. The van der Waals surface area contributed by atoms with Gasteiger partial charge in [-0.2, -0.15) is 0 Å². The molecule has 0 bridgehead atoms. The van der Waals surface area contributed by atoms with Crippen LogP contribution in [0.3, 0.4) is 0 Å². The van der Waals surface area contributed by atoms with Crippen LogP contribution < -0.4 is 10.6 Å². The largest absolute Gasteiger partial charge is 0.375 e. The Labute approximate surface area is 152 Å². The van der Waals surface area contributed by atoms with Crippen molar-refractivity contribution in [3.05, 3.63) is 84.4 Å². The molecule has 0 spiro atoms. The van der Waals surface area contributed by atoms with Crippen molar-refractivity contribution >= 4 is 29.0 Å². The molecule has 3 nitrogen and oxygen atoms in total. The van der Waals surface area contributed by atoms with Crippen LogP contribution in [0.25, 0.3) is 0 Å². The van der Waals surface area contributed by atoms with E-state index in [-0.39, 0.29) is 12.5 Å². The molecule has 0 atom stereocenters. The molecule has 3 aromatic carbocycles. The monoisotopic (exact) mass is 348 g/mol. The van der Waals surface area contributed by atoms with E-state index in [1.54, 1.807) is 11.8 Å². The number of benzene rings is 3. The van der Waals surface area contributed by atoms with E-state index < -0.39 is 0 Å². The van der Waals surface area contributed by atoms with Gasteiger partial charge in [-0.05, 0) is 42.8 Å². The molecule has 0 aliphatic rings. The molecule has 0 fully saturated rings. The molecule has 0 heterocycles. The van der Waals surface area contributed by atoms with Gasteiger partial charge in [-0.1, -0.05) is 60.3 Å². The van der Waals surface area contributed by atoms with E-state index in [2.05, 4.69) is 28.8 Å². The lowest BCUT2D eigenvalue weighted by Gasteiger charge is -2.12. The third kappa shape index (κ3) is 4.88. The molecular formula is C21H20N2OS. The predicted molar refractivity (Wildman–Crippen MR) is 105 cm³/mol. The molecule has 1 amide bonds. The average Bonchev–Trinajstić information content (AvgIpc) is 2.64. The lowest BCUT2D eigenvalue weighted by Crippen LogP contribution is -2.22. The Balaban J connectivity index is 1.63. The lowest BCUT2D eigenvalue weighted by molar-refractivity contribution is -0.114. The second kappa shape index (κ2) is 8.40. The molecule has 25 heavy (non-hydrogen) atoms. The molecule has 0 aliphatic carbocycles. The van der Waals surface area contributed by atoms with Crippen molar-refractivity contribution in [1.82, 2.24) is 0 Å². The molecule has 3 rings (SSSR count). The Kier molecular flexibility index (Phi) is 5.75. The molecule has 0 unspecified atom stereocenters. The maximum absolute atomic E-state index is 12.2. The maximum Gasteiger partial charge on any atom is 0.243 e.